The van der Waals surface area contributed by atoms with Crippen LogP contribution >= 0.6 is 0 Å². The minimum Gasteiger partial charge on any atom is -0.447 e. The molecule has 0 atom stereocenters. The summed E-state index contributed by atoms with van der Waals surface area (Å²) in [5.74, 6) is 0.153. The Balaban J connectivity index is 2.72. The number of rotatable bonds is 5. The lowest BCUT2D eigenvalue weighted by atomic mass is 9.53. The Hall–Kier alpha value is -0.565. The smallest absolute Gasteiger partial charge is 0.319 e. The molecule has 0 aromatic rings. The van der Waals surface area contributed by atoms with Crippen LogP contribution in [0, 0.1) is 0 Å². The van der Waals surface area contributed by atoms with Crippen molar-refractivity contribution >= 4 is 12.7 Å². The molecule has 0 spiro atoms. The van der Waals surface area contributed by atoms with E-state index in [1.807, 2.05) is 0 Å². The summed E-state index contributed by atoms with van der Waals surface area (Å²) in [7, 11) is 0. The number of unbranched alkanes of at least 4 members (excludes halogenated alkanes) is 1. The molecule has 0 aliphatic heterocycles. The van der Waals surface area contributed by atoms with E-state index in [-0.39, 0.29) is 12.7 Å². The van der Waals surface area contributed by atoms with Crippen LogP contribution in [0.3, 0.4) is 0 Å². The van der Waals surface area contributed by atoms with Crippen LogP contribution in [0.15, 0.2) is 11.0 Å². The molecule has 0 radical (unpaired) electrons. The third kappa shape index (κ3) is 3.49. The van der Waals surface area contributed by atoms with E-state index in [2.05, 4.69) is 6.92 Å². The van der Waals surface area contributed by atoms with Gasteiger partial charge >= 0.3 is 6.92 Å². The minimum absolute atomic E-state index is 0.153. The first-order chi connectivity index (χ1) is 7.16. The minimum atomic E-state index is -0.371. The van der Waals surface area contributed by atoms with Crippen LogP contribution in [0.25, 0.3) is 0 Å². The van der Waals surface area contributed by atoms with Gasteiger partial charge in [0.2, 0.25) is 0 Å². The first-order valence-corrected chi connectivity index (χ1v) is 6.07. The predicted molar refractivity (Wildman–Crippen MR) is 63.9 cm³/mol. The summed E-state index contributed by atoms with van der Waals surface area (Å²) >= 11 is 0. The zero-order chi connectivity index (χ0) is 11.3. The largest absolute Gasteiger partial charge is 0.447 e. The van der Waals surface area contributed by atoms with E-state index in [0.717, 1.165) is 55.9 Å². The lowest BCUT2D eigenvalue weighted by Crippen LogP contribution is -2.22. The summed E-state index contributed by atoms with van der Waals surface area (Å²) in [5, 5.41) is 10.0. The van der Waals surface area contributed by atoms with Gasteiger partial charge in [0.15, 0.2) is 5.78 Å². The monoisotopic (exact) mass is 208 g/mol. The SMILES string of the molecule is CCCCB(O)C1=C(C(C)=O)CCCC1. The molecule has 1 N–H and O–H groups in total. The van der Waals surface area contributed by atoms with E-state index >= 15 is 0 Å². The highest BCUT2D eigenvalue weighted by Gasteiger charge is 2.24. The molecular weight excluding hydrogens is 187 g/mol. The zero-order valence-corrected chi connectivity index (χ0v) is 9.88. The lowest BCUT2D eigenvalue weighted by molar-refractivity contribution is -0.113. The number of allylic oxidation sites excluding steroid dienone is 2. The highest BCUT2D eigenvalue weighted by Crippen LogP contribution is 2.28. The maximum atomic E-state index is 11.4. The molecule has 1 rings (SSSR count). The molecule has 1 aliphatic carbocycles. The number of carbonyl (C=O) groups is 1. The highest BCUT2D eigenvalue weighted by atomic mass is 16.2. The van der Waals surface area contributed by atoms with Gasteiger partial charge in [0, 0.05) is 0 Å². The number of Topliss-reactive ketones (excluding diaryl/α,β-unsaturated/α-hetero) is 1. The predicted octanol–water partition coefficient (Wildman–Crippen LogP) is 2.77. The van der Waals surface area contributed by atoms with Crippen molar-refractivity contribution in [1.82, 2.24) is 0 Å². The molecule has 84 valence electrons. The summed E-state index contributed by atoms with van der Waals surface area (Å²) < 4.78 is 0. The van der Waals surface area contributed by atoms with Crippen LogP contribution < -0.4 is 0 Å². The molecule has 0 saturated heterocycles. The Bertz CT molecular complexity index is 258. The second kappa shape index (κ2) is 6.11. The Morgan fingerprint density at radius 3 is 2.67 bits per heavy atom. The Labute approximate surface area is 92.9 Å². The molecule has 0 saturated carbocycles. The van der Waals surface area contributed by atoms with Crippen molar-refractivity contribution in [3.63, 3.8) is 0 Å². The molecular formula is C12H21BO2. The molecule has 3 heteroatoms. The van der Waals surface area contributed by atoms with Gasteiger partial charge in [0.1, 0.15) is 0 Å². The first kappa shape index (κ1) is 12.5. The first-order valence-electron chi connectivity index (χ1n) is 6.07. The molecule has 0 heterocycles. The van der Waals surface area contributed by atoms with Crippen LogP contribution in [0.1, 0.15) is 52.4 Å². The number of hydrogen-bond acceptors (Lipinski definition) is 2. The van der Waals surface area contributed by atoms with Gasteiger partial charge in [-0.15, -0.1) is 0 Å². The molecule has 0 bridgehead atoms. The number of hydrogen-bond donors (Lipinski definition) is 1. The van der Waals surface area contributed by atoms with Gasteiger partial charge in [0.25, 0.3) is 0 Å². The van der Waals surface area contributed by atoms with E-state index in [9.17, 15) is 9.82 Å². The van der Waals surface area contributed by atoms with E-state index in [4.69, 9.17) is 0 Å². The molecule has 0 unspecified atom stereocenters. The molecule has 0 fully saturated rings. The summed E-state index contributed by atoms with van der Waals surface area (Å²) in [4.78, 5) is 11.4. The maximum absolute atomic E-state index is 11.4. The fourth-order valence-electron chi connectivity index (χ4n) is 2.27. The molecule has 0 aromatic heterocycles. The van der Waals surface area contributed by atoms with E-state index < -0.39 is 0 Å². The van der Waals surface area contributed by atoms with Gasteiger partial charge < -0.3 is 5.02 Å². The summed E-state index contributed by atoms with van der Waals surface area (Å²) in [6, 6.07) is 0. The summed E-state index contributed by atoms with van der Waals surface area (Å²) in [6.45, 7) is 3.37. The average molecular weight is 208 g/mol. The summed E-state index contributed by atoms with van der Waals surface area (Å²) in [6.07, 6.45) is 6.94. The topological polar surface area (TPSA) is 37.3 Å². The number of carbonyl (C=O) groups excluding carboxylic acids is 1. The fourth-order valence-corrected chi connectivity index (χ4v) is 2.27. The fraction of sp³-hybridized carbons (Fsp3) is 0.750. The van der Waals surface area contributed by atoms with Crippen molar-refractivity contribution in [2.45, 2.75) is 58.7 Å². The Morgan fingerprint density at radius 2 is 2.07 bits per heavy atom. The van der Waals surface area contributed by atoms with Crippen LogP contribution in [0.5, 0.6) is 0 Å². The molecule has 2 nitrogen and oxygen atoms in total. The van der Waals surface area contributed by atoms with Crippen molar-refractivity contribution in [3.8, 4) is 0 Å². The second-order valence-electron chi connectivity index (χ2n) is 4.43. The van der Waals surface area contributed by atoms with Gasteiger partial charge in [-0.2, -0.15) is 0 Å². The van der Waals surface area contributed by atoms with Crippen LogP contribution in [-0.2, 0) is 4.79 Å². The van der Waals surface area contributed by atoms with Crippen LogP contribution in [0.2, 0.25) is 6.32 Å². The standard InChI is InChI=1S/C12H21BO2/c1-3-4-9-13(15)12-8-6-5-7-11(12)10(2)14/h15H,3-9H2,1-2H3. The van der Waals surface area contributed by atoms with Gasteiger partial charge in [0.05, 0.1) is 0 Å². The third-order valence-electron chi connectivity index (χ3n) is 3.17. The van der Waals surface area contributed by atoms with Gasteiger partial charge in [-0.05, 0) is 44.5 Å². The van der Waals surface area contributed by atoms with Crippen LogP contribution in [0.4, 0.5) is 0 Å². The maximum Gasteiger partial charge on any atom is 0.319 e. The molecule has 1 aliphatic rings. The molecule has 0 amide bonds. The second-order valence-corrected chi connectivity index (χ2v) is 4.43. The van der Waals surface area contributed by atoms with Crippen molar-refractivity contribution in [2.75, 3.05) is 0 Å². The van der Waals surface area contributed by atoms with Crippen LogP contribution in [-0.4, -0.2) is 17.7 Å². The van der Waals surface area contributed by atoms with Crippen molar-refractivity contribution < 1.29 is 9.82 Å². The van der Waals surface area contributed by atoms with Gasteiger partial charge in [-0.3, -0.25) is 4.79 Å². The summed E-state index contributed by atoms with van der Waals surface area (Å²) in [5.41, 5.74) is 1.94. The van der Waals surface area contributed by atoms with E-state index in [1.165, 1.54) is 0 Å². The zero-order valence-electron chi connectivity index (χ0n) is 9.88. The van der Waals surface area contributed by atoms with Gasteiger partial charge in [-0.25, -0.2) is 0 Å². The van der Waals surface area contributed by atoms with E-state index in [1.54, 1.807) is 6.92 Å². The van der Waals surface area contributed by atoms with Crippen molar-refractivity contribution in [3.05, 3.63) is 11.0 Å². The van der Waals surface area contributed by atoms with Gasteiger partial charge in [-0.1, -0.05) is 25.2 Å². The Kier molecular flexibility index (Phi) is 5.10. The molecule has 15 heavy (non-hydrogen) atoms. The Morgan fingerprint density at radius 1 is 1.40 bits per heavy atom. The quantitative estimate of drug-likeness (QED) is 0.705. The van der Waals surface area contributed by atoms with Crippen molar-refractivity contribution in [1.29, 1.82) is 0 Å². The average Bonchev–Trinajstić information content (AvgIpc) is 2.25. The highest BCUT2D eigenvalue weighted by molar-refractivity contribution is 6.59. The molecule has 0 aromatic carbocycles. The number of ketones is 1. The normalized spacial score (nSPS) is 16.7. The third-order valence-corrected chi connectivity index (χ3v) is 3.17. The lowest BCUT2D eigenvalue weighted by Gasteiger charge is -2.20. The van der Waals surface area contributed by atoms with Crippen molar-refractivity contribution in [2.24, 2.45) is 0 Å². The van der Waals surface area contributed by atoms with E-state index in [0.29, 0.717) is 0 Å².